The first-order valence-corrected chi connectivity index (χ1v) is 12.4. The largest absolute Gasteiger partial charge is 0.346 e. The van der Waals surface area contributed by atoms with Crippen LogP contribution in [0, 0.1) is 0 Å². The third kappa shape index (κ3) is 4.34. The molecule has 33 heavy (non-hydrogen) atoms. The number of nitrogens with one attached hydrogen (secondary N) is 2. The van der Waals surface area contributed by atoms with Gasteiger partial charge in [0, 0.05) is 42.1 Å². The van der Waals surface area contributed by atoms with Gasteiger partial charge in [0.25, 0.3) is 15.9 Å². The maximum absolute atomic E-state index is 13.1. The zero-order chi connectivity index (χ0) is 22.8. The topological polar surface area (TPSA) is 95.2 Å². The molecular weight excluding hydrogens is 436 g/mol. The second-order valence-electron chi connectivity index (χ2n) is 8.21. The van der Waals surface area contributed by atoms with Crippen LogP contribution in [0.2, 0.25) is 0 Å². The van der Waals surface area contributed by atoms with Crippen molar-refractivity contribution in [1.82, 2.24) is 14.9 Å². The van der Waals surface area contributed by atoms with Crippen LogP contribution < -0.4 is 4.72 Å². The highest BCUT2D eigenvalue weighted by molar-refractivity contribution is 7.92. The van der Waals surface area contributed by atoms with Gasteiger partial charge in [-0.25, -0.2) is 13.4 Å². The molecule has 4 aromatic rings. The first-order valence-electron chi connectivity index (χ1n) is 10.9. The van der Waals surface area contributed by atoms with Crippen molar-refractivity contribution in [2.24, 2.45) is 0 Å². The Morgan fingerprint density at radius 2 is 1.79 bits per heavy atom. The second-order valence-corrected chi connectivity index (χ2v) is 9.89. The van der Waals surface area contributed by atoms with E-state index in [1.807, 2.05) is 17.2 Å². The van der Waals surface area contributed by atoms with Gasteiger partial charge in [-0.2, -0.15) is 0 Å². The van der Waals surface area contributed by atoms with E-state index < -0.39 is 10.0 Å². The molecule has 8 heteroatoms. The van der Waals surface area contributed by atoms with Crippen LogP contribution in [0.25, 0.3) is 11.0 Å². The molecule has 1 amide bonds. The number of benzene rings is 2. The number of pyridine rings is 1. The van der Waals surface area contributed by atoms with E-state index in [1.165, 1.54) is 17.7 Å². The molecule has 0 radical (unpaired) electrons. The quantitative estimate of drug-likeness (QED) is 0.462. The van der Waals surface area contributed by atoms with E-state index in [-0.39, 0.29) is 10.8 Å². The maximum atomic E-state index is 13.1. The summed E-state index contributed by atoms with van der Waals surface area (Å²) in [6.45, 7) is 1.30. The van der Waals surface area contributed by atoms with E-state index >= 15 is 0 Å². The molecule has 0 saturated carbocycles. The van der Waals surface area contributed by atoms with Gasteiger partial charge in [-0.15, -0.1) is 0 Å². The molecule has 1 saturated heterocycles. The molecule has 2 aromatic heterocycles. The number of carbonyl (C=O) groups is 1. The third-order valence-electron chi connectivity index (χ3n) is 6.12. The van der Waals surface area contributed by atoms with Gasteiger partial charge in [0.15, 0.2) is 0 Å². The normalized spacial score (nSPS) is 15.0. The van der Waals surface area contributed by atoms with E-state index in [9.17, 15) is 13.2 Å². The number of hydrogen-bond donors (Lipinski definition) is 2. The van der Waals surface area contributed by atoms with Gasteiger partial charge in [0.2, 0.25) is 0 Å². The van der Waals surface area contributed by atoms with Crippen molar-refractivity contribution >= 4 is 32.7 Å². The van der Waals surface area contributed by atoms with Gasteiger partial charge in [0.05, 0.1) is 4.90 Å². The number of aromatic nitrogens is 2. The van der Waals surface area contributed by atoms with Crippen LogP contribution in [0.5, 0.6) is 0 Å². The highest BCUT2D eigenvalue weighted by atomic mass is 32.2. The molecule has 1 aliphatic heterocycles. The zero-order valence-electron chi connectivity index (χ0n) is 17.9. The van der Waals surface area contributed by atoms with Crippen LogP contribution >= 0.6 is 0 Å². The van der Waals surface area contributed by atoms with Crippen molar-refractivity contribution in [2.75, 3.05) is 17.8 Å². The molecule has 168 valence electrons. The summed E-state index contributed by atoms with van der Waals surface area (Å²) in [4.78, 5) is 22.7. The molecule has 5 rings (SSSR count). The second kappa shape index (κ2) is 8.71. The molecule has 2 aromatic carbocycles. The Bertz CT molecular complexity index is 1390. The van der Waals surface area contributed by atoms with Gasteiger partial charge < -0.3 is 9.88 Å². The van der Waals surface area contributed by atoms with E-state index in [2.05, 4.69) is 20.8 Å². The van der Waals surface area contributed by atoms with E-state index in [1.54, 1.807) is 48.7 Å². The fraction of sp³-hybridized carbons (Fsp3) is 0.200. The minimum atomic E-state index is -3.71. The van der Waals surface area contributed by atoms with Gasteiger partial charge in [-0.05, 0) is 66.8 Å². The number of anilines is 1. The SMILES string of the molecule is O=C(c1cccc(NS(=O)(=O)c2ccccc2)c1)N1CCC(c2c[nH]c3ncccc23)CC1. The summed E-state index contributed by atoms with van der Waals surface area (Å²) in [5.74, 6) is 0.283. The number of likely N-dealkylation sites (tertiary alicyclic amines) is 1. The Labute approximate surface area is 192 Å². The fourth-order valence-electron chi connectivity index (χ4n) is 4.42. The molecule has 1 fully saturated rings. The Kier molecular flexibility index (Phi) is 5.60. The third-order valence-corrected chi connectivity index (χ3v) is 7.52. The summed E-state index contributed by atoms with van der Waals surface area (Å²) in [7, 11) is -3.71. The minimum absolute atomic E-state index is 0.0881. The number of carbonyl (C=O) groups excluding carboxylic acids is 1. The Hall–Kier alpha value is -3.65. The number of nitrogens with zero attached hydrogens (tertiary/aromatic N) is 2. The molecule has 2 N–H and O–H groups in total. The number of piperidine rings is 1. The lowest BCUT2D eigenvalue weighted by atomic mass is 9.89. The predicted molar refractivity (Wildman–Crippen MR) is 128 cm³/mol. The van der Waals surface area contributed by atoms with Crippen LogP contribution in [-0.2, 0) is 10.0 Å². The number of amides is 1. The van der Waals surface area contributed by atoms with E-state index in [4.69, 9.17) is 0 Å². The minimum Gasteiger partial charge on any atom is -0.346 e. The number of hydrogen-bond acceptors (Lipinski definition) is 4. The van der Waals surface area contributed by atoms with Crippen LogP contribution in [0.1, 0.15) is 34.7 Å². The van der Waals surface area contributed by atoms with Crippen LogP contribution in [0.4, 0.5) is 5.69 Å². The molecule has 7 nitrogen and oxygen atoms in total. The number of H-pyrrole nitrogens is 1. The summed E-state index contributed by atoms with van der Waals surface area (Å²) < 4.78 is 27.8. The van der Waals surface area contributed by atoms with E-state index in [0.29, 0.717) is 30.3 Å². The Morgan fingerprint density at radius 3 is 2.58 bits per heavy atom. The number of rotatable bonds is 5. The monoisotopic (exact) mass is 460 g/mol. The van der Waals surface area contributed by atoms with Gasteiger partial charge in [-0.3, -0.25) is 9.52 Å². The average molecular weight is 461 g/mol. The molecule has 0 spiro atoms. The van der Waals surface area contributed by atoms with Crippen molar-refractivity contribution < 1.29 is 13.2 Å². The summed E-state index contributed by atoms with van der Waals surface area (Å²) >= 11 is 0. The summed E-state index contributed by atoms with van der Waals surface area (Å²) in [5, 5.41) is 1.14. The standard InChI is InChI=1S/C25H24N4O3S/c30-25(19-6-4-7-20(16-19)28-33(31,32)21-8-2-1-3-9-21)29-14-11-18(12-15-29)23-17-27-24-22(23)10-5-13-26-24/h1-10,13,16-18,28H,11-12,14-15H2,(H,26,27). The Balaban J connectivity index is 1.27. The first-order chi connectivity index (χ1) is 16.0. The van der Waals surface area contributed by atoms with Crippen LogP contribution in [0.3, 0.4) is 0 Å². The van der Waals surface area contributed by atoms with Gasteiger partial charge in [0.1, 0.15) is 5.65 Å². The molecular formula is C25H24N4O3S. The van der Waals surface area contributed by atoms with Crippen molar-refractivity contribution in [3.8, 4) is 0 Å². The van der Waals surface area contributed by atoms with Crippen LogP contribution in [0.15, 0.2) is 84.0 Å². The van der Waals surface area contributed by atoms with Crippen LogP contribution in [-0.4, -0.2) is 42.3 Å². The highest BCUT2D eigenvalue weighted by Crippen LogP contribution is 2.33. The highest BCUT2D eigenvalue weighted by Gasteiger charge is 2.26. The lowest BCUT2D eigenvalue weighted by Gasteiger charge is -2.32. The maximum Gasteiger partial charge on any atom is 0.261 e. The molecule has 0 bridgehead atoms. The summed E-state index contributed by atoms with van der Waals surface area (Å²) in [6, 6.07) is 18.9. The lowest BCUT2D eigenvalue weighted by Crippen LogP contribution is -2.37. The molecule has 0 unspecified atom stereocenters. The van der Waals surface area contributed by atoms with Crippen molar-refractivity contribution in [2.45, 2.75) is 23.7 Å². The predicted octanol–water partition coefficient (Wildman–Crippen LogP) is 4.38. The smallest absolute Gasteiger partial charge is 0.261 e. The first kappa shape index (κ1) is 21.2. The van der Waals surface area contributed by atoms with Crippen molar-refractivity contribution in [3.05, 3.63) is 90.3 Å². The van der Waals surface area contributed by atoms with Crippen molar-refractivity contribution in [1.29, 1.82) is 0 Å². The van der Waals surface area contributed by atoms with Crippen molar-refractivity contribution in [3.63, 3.8) is 0 Å². The molecule has 3 heterocycles. The van der Waals surface area contributed by atoms with Gasteiger partial charge >= 0.3 is 0 Å². The molecule has 0 atom stereocenters. The number of aromatic amines is 1. The summed E-state index contributed by atoms with van der Waals surface area (Å²) in [5.41, 5.74) is 2.98. The lowest BCUT2D eigenvalue weighted by molar-refractivity contribution is 0.0713. The number of fused-ring (bicyclic) bond motifs is 1. The zero-order valence-corrected chi connectivity index (χ0v) is 18.8. The Morgan fingerprint density at radius 1 is 1.00 bits per heavy atom. The van der Waals surface area contributed by atoms with Gasteiger partial charge in [-0.1, -0.05) is 24.3 Å². The summed E-state index contributed by atoms with van der Waals surface area (Å²) in [6.07, 6.45) is 5.54. The number of sulfonamides is 1. The average Bonchev–Trinajstić information content (AvgIpc) is 3.28. The fourth-order valence-corrected chi connectivity index (χ4v) is 5.49. The van der Waals surface area contributed by atoms with E-state index in [0.717, 1.165) is 23.9 Å². The molecule has 1 aliphatic rings. The molecule has 0 aliphatic carbocycles.